The molecular formula is C15H10F2N2O2. The summed E-state index contributed by atoms with van der Waals surface area (Å²) in [6, 6.07) is 10.2. The molecule has 1 heterocycles. The standard InChI is InChI=1S/C15H10F2N2O2/c16-13-3-1-2-11(15(13)17)9-18-7-6-10-4-5-12(19(20)21)8-14(10)18/h1-8H,9H2. The van der Waals surface area contributed by atoms with Gasteiger partial charge >= 0.3 is 0 Å². The molecule has 106 valence electrons. The third-order valence-corrected chi connectivity index (χ3v) is 3.34. The van der Waals surface area contributed by atoms with Gasteiger partial charge in [0.05, 0.1) is 17.0 Å². The van der Waals surface area contributed by atoms with E-state index in [-0.39, 0.29) is 17.8 Å². The highest BCUT2D eigenvalue weighted by Gasteiger charge is 2.12. The van der Waals surface area contributed by atoms with Crippen molar-refractivity contribution >= 4 is 16.6 Å². The molecule has 0 aliphatic carbocycles. The van der Waals surface area contributed by atoms with Gasteiger partial charge in [0.25, 0.3) is 5.69 Å². The third-order valence-electron chi connectivity index (χ3n) is 3.34. The normalized spacial score (nSPS) is 11.0. The minimum atomic E-state index is -0.907. The molecule has 2 aromatic carbocycles. The predicted octanol–water partition coefficient (Wildman–Crippen LogP) is 3.88. The largest absolute Gasteiger partial charge is 0.343 e. The fourth-order valence-corrected chi connectivity index (χ4v) is 2.28. The van der Waals surface area contributed by atoms with Crippen LogP contribution in [0.2, 0.25) is 0 Å². The van der Waals surface area contributed by atoms with Gasteiger partial charge in [0.1, 0.15) is 0 Å². The maximum absolute atomic E-state index is 13.7. The van der Waals surface area contributed by atoms with E-state index in [2.05, 4.69) is 0 Å². The van der Waals surface area contributed by atoms with E-state index in [1.165, 1.54) is 24.3 Å². The van der Waals surface area contributed by atoms with Crippen LogP contribution in [-0.2, 0) is 6.54 Å². The monoisotopic (exact) mass is 288 g/mol. The molecule has 0 amide bonds. The number of rotatable bonds is 3. The van der Waals surface area contributed by atoms with E-state index in [1.807, 2.05) is 0 Å². The van der Waals surface area contributed by atoms with Crippen LogP contribution in [0.4, 0.5) is 14.5 Å². The van der Waals surface area contributed by atoms with Crippen molar-refractivity contribution in [3.8, 4) is 0 Å². The Kier molecular flexibility index (Phi) is 3.13. The highest BCUT2D eigenvalue weighted by Crippen LogP contribution is 2.23. The van der Waals surface area contributed by atoms with Crippen LogP contribution in [0.15, 0.2) is 48.7 Å². The van der Waals surface area contributed by atoms with Gasteiger partial charge in [-0.3, -0.25) is 10.1 Å². The van der Waals surface area contributed by atoms with E-state index >= 15 is 0 Å². The number of nitrogens with zero attached hydrogens (tertiary/aromatic N) is 2. The number of hydrogen-bond acceptors (Lipinski definition) is 2. The zero-order chi connectivity index (χ0) is 15.0. The molecule has 0 bridgehead atoms. The summed E-state index contributed by atoms with van der Waals surface area (Å²) in [5.74, 6) is -1.81. The Morgan fingerprint density at radius 3 is 2.71 bits per heavy atom. The fraction of sp³-hybridized carbons (Fsp3) is 0.0667. The Bertz CT molecular complexity index is 843. The maximum Gasteiger partial charge on any atom is 0.271 e. The van der Waals surface area contributed by atoms with Gasteiger partial charge in [-0.15, -0.1) is 0 Å². The van der Waals surface area contributed by atoms with Gasteiger partial charge in [-0.05, 0) is 18.2 Å². The zero-order valence-electron chi connectivity index (χ0n) is 10.8. The number of hydrogen-bond donors (Lipinski definition) is 0. The lowest BCUT2D eigenvalue weighted by atomic mass is 10.2. The Hall–Kier alpha value is -2.76. The van der Waals surface area contributed by atoms with Crippen molar-refractivity contribution in [1.29, 1.82) is 0 Å². The van der Waals surface area contributed by atoms with Crippen molar-refractivity contribution in [3.05, 3.63) is 76.0 Å². The molecule has 21 heavy (non-hydrogen) atoms. The van der Waals surface area contributed by atoms with Crippen molar-refractivity contribution in [2.45, 2.75) is 6.54 Å². The van der Waals surface area contributed by atoms with Crippen molar-refractivity contribution in [3.63, 3.8) is 0 Å². The van der Waals surface area contributed by atoms with E-state index in [0.717, 1.165) is 11.5 Å². The van der Waals surface area contributed by atoms with E-state index in [9.17, 15) is 18.9 Å². The molecule has 0 fully saturated rings. The summed E-state index contributed by atoms with van der Waals surface area (Å²) in [4.78, 5) is 10.3. The fourth-order valence-electron chi connectivity index (χ4n) is 2.28. The smallest absolute Gasteiger partial charge is 0.271 e. The summed E-state index contributed by atoms with van der Waals surface area (Å²) in [6.07, 6.45) is 1.69. The Labute approximate surface area is 118 Å². The first kappa shape index (κ1) is 13.2. The van der Waals surface area contributed by atoms with Crippen molar-refractivity contribution < 1.29 is 13.7 Å². The Morgan fingerprint density at radius 2 is 1.95 bits per heavy atom. The van der Waals surface area contributed by atoms with Crippen LogP contribution >= 0.6 is 0 Å². The second-order valence-electron chi connectivity index (χ2n) is 4.66. The molecule has 0 saturated heterocycles. The zero-order valence-corrected chi connectivity index (χ0v) is 10.8. The van der Waals surface area contributed by atoms with Gasteiger partial charge in [-0.25, -0.2) is 8.78 Å². The summed E-state index contributed by atoms with van der Waals surface area (Å²) < 4.78 is 28.6. The lowest BCUT2D eigenvalue weighted by Gasteiger charge is -2.07. The number of non-ortho nitro benzene ring substituents is 1. The molecule has 0 saturated carbocycles. The second-order valence-corrected chi connectivity index (χ2v) is 4.66. The SMILES string of the molecule is O=[N+]([O-])c1ccc2ccn(Cc3cccc(F)c3F)c2c1. The molecular weight excluding hydrogens is 278 g/mol. The summed E-state index contributed by atoms with van der Waals surface area (Å²) in [6.45, 7) is 0.105. The van der Waals surface area contributed by atoms with Crippen molar-refractivity contribution in [2.24, 2.45) is 0 Å². The molecule has 0 unspecified atom stereocenters. The summed E-state index contributed by atoms with van der Waals surface area (Å²) in [5, 5.41) is 11.6. The average molecular weight is 288 g/mol. The molecule has 4 nitrogen and oxygen atoms in total. The van der Waals surface area contributed by atoms with Gasteiger partial charge in [-0.2, -0.15) is 0 Å². The first-order valence-corrected chi connectivity index (χ1v) is 6.22. The second kappa shape index (κ2) is 4.97. The van der Waals surface area contributed by atoms with E-state index in [0.29, 0.717) is 5.52 Å². The number of nitro groups is 1. The van der Waals surface area contributed by atoms with E-state index < -0.39 is 16.6 Å². The van der Waals surface area contributed by atoms with Gasteiger partial charge in [0, 0.05) is 29.3 Å². The number of aromatic nitrogens is 1. The molecule has 1 aromatic heterocycles. The molecule has 0 aliphatic rings. The molecule has 0 atom stereocenters. The van der Waals surface area contributed by atoms with Crippen LogP contribution in [0, 0.1) is 21.7 Å². The Morgan fingerprint density at radius 1 is 1.14 bits per heavy atom. The average Bonchev–Trinajstić information content (AvgIpc) is 2.86. The van der Waals surface area contributed by atoms with E-state index in [4.69, 9.17) is 0 Å². The van der Waals surface area contributed by atoms with Crippen LogP contribution < -0.4 is 0 Å². The molecule has 3 rings (SSSR count). The van der Waals surface area contributed by atoms with Crippen LogP contribution in [0.3, 0.4) is 0 Å². The molecule has 0 N–H and O–H groups in total. The first-order valence-electron chi connectivity index (χ1n) is 6.22. The lowest BCUT2D eigenvalue weighted by Crippen LogP contribution is -2.02. The van der Waals surface area contributed by atoms with Gasteiger partial charge in [0.2, 0.25) is 0 Å². The lowest BCUT2D eigenvalue weighted by molar-refractivity contribution is -0.384. The minimum Gasteiger partial charge on any atom is -0.343 e. The number of benzene rings is 2. The molecule has 0 aliphatic heterocycles. The van der Waals surface area contributed by atoms with Crippen LogP contribution in [0.5, 0.6) is 0 Å². The minimum absolute atomic E-state index is 0.0397. The highest BCUT2D eigenvalue weighted by atomic mass is 19.2. The summed E-state index contributed by atoms with van der Waals surface area (Å²) >= 11 is 0. The van der Waals surface area contributed by atoms with Gasteiger partial charge in [0.15, 0.2) is 11.6 Å². The number of fused-ring (bicyclic) bond motifs is 1. The molecule has 6 heteroatoms. The van der Waals surface area contributed by atoms with Crippen LogP contribution in [-0.4, -0.2) is 9.49 Å². The quantitative estimate of drug-likeness (QED) is 0.542. The predicted molar refractivity (Wildman–Crippen MR) is 74.1 cm³/mol. The summed E-state index contributed by atoms with van der Waals surface area (Å²) in [5.41, 5.74) is 0.758. The van der Waals surface area contributed by atoms with Gasteiger partial charge < -0.3 is 4.57 Å². The highest BCUT2D eigenvalue weighted by molar-refractivity contribution is 5.82. The van der Waals surface area contributed by atoms with E-state index in [1.54, 1.807) is 22.9 Å². The molecule has 3 aromatic rings. The molecule has 0 spiro atoms. The number of nitro benzene ring substituents is 1. The number of halogens is 2. The van der Waals surface area contributed by atoms with Crippen molar-refractivity contribution in [2.75, 3.05) is 0 Å². The summed E-state index contributed by atoms with van der Waals surface area (Å²) in [7, 11) is 0. The maximum atomic E-state index is 13.7. The Balaban J connectivity index is 2.06. The van der Waals surface area contributed by atoms with Crippen LogP contribution in [0.25, 0.3) is 10.9 Å². The topological polar surface area (TPSA) is 48.1 Å². The molecule has 0 radical (unpaired) electrons. The van der Waals surface area contributed by atoms with Crippen molar-refractivity contribution in [1.82, 2.24) is 4.57 Å². The third kappa shape index (κ3) is 2.35. The van der Waals surface area contributed by atoms with Crippen LogP contribution in [0.1, 0.15) is 5.56 Å². The first-order chi connectivity index (χ1) is 10.1. The van der Waals surface area contributed by atoms with Gasteiger partial charge in [-0.1, -0.05) is 12.1 Å².